The van der Waals surface area contributed by atoms with E-state index in [0.29, 0.717) is 10.4 Å². The molecule has 0 spiro atoms. The molecule has 8 heteroatoms. The summed E-state index contributed by atoms with van der Waals surface area (Å²) < 4.78 is 40.4. The summed E-state index contributed by atoms with van der Waals surface area (Å²) in [4.78, 5) is 11.6. The van der Waals surface area contributed by atoms with Gasteiger partial charge in [-0.3, -0.25) is 9.52 Å². The summed E-state index contributed by atoms with van der Waals surface area (Å²) in [6.07, 6.45) is 0. The fourth-order valence-corrected chi connectivity index (χ4v) is 4.02. The van der Waals surface area contributed by atoms with Crippen LogP contribution in [-0.4, -0.2) is 14.3 Å². The van der Waals surface area contributed by atoms with Crippen LogP contribution in [0.2, 0.25) is 0 Å². The Hall–Kier alpha value is -1.93. The Morgan fingerprint density at radius 3 is 2.64 bits per heavy atom. The third-order valence-electron chi connectivity index (χ3n) is 2.84. The number of sulfonamides is 1. The van der Waals surface area contributed by atoms with Gasteiger partial charge in [-0.15, -0.1) is 11.3 Å². The van der Waals surface area contributed by atoms with E-state index in [1.807, 2.05) is 0 Å². The highest BCUT2D eigenvalue weighted by Crippen LogP contribution is 2.24. The van der Waals surface area contributed by atoms with Crippen molar-refractivity contribution in [2.45, 2.75) is 24.6 Å². The van der Waals surface area contributed by atoms with Gasteiger partial charge in [-0.2, -0.15) is 0 Å². The number of carbonyl (C=O) groups excluding carboxylic acids is 1. The van der Waals surface area contributed by atoms with Crippen LogP contribution in [0.15, 0.2) is 34.5 Å². The summed E-state index contributed by atoms with van der Waals surface area (Å²) in [6, 6.07) is 7.23. The lowest BCUT2D eigenvalue weighted by Gasteiger charge is -2.07. The molecule has 1 heterocycles. The van der Waals surface area contributed by atoms with Gasteiger partial charge in [0.1, 0.15) is 10.0 Å². The molecule has 22 heavy (non-hydrogen) atoms. The molecule has 2 aromatic rings. The number of aryl methyl sites for hydroxylation is 1. The van der Waals surface area contributed by atoms with E-state index in [0.717, 1.165) is 17.4 Å². The summed E-state index contributed by atoms with van der Waals surface area (Å²) in [5.41, 5.74) is 0.608. The van der Waals surface area contributed by atoms with E-state index in [-0.39, 0.29) is 22.3 Å². The predicted molar refractivity (Wildman–Crippen MR) is 83.8 cm³/mol. The number of amides is 1. The van der Waals surface area contributed by atoms with Gasteiger partial charge >= 0.3 is 0 Å². The molecular formula is C14H15FN2O3S2. The maximum atomic E-state index is 13.5. The number of thiophene rings is 1. The van der Waals surface area contributed by atoms with Crippen molar-refractivity contribution >= 4 is 33.0 Å². The van der Waals surface area contributed by atoms with Crippen LogP contribution in [-0.2, 0) is 21.4 Å². The Morgan fingerprint density at radius 1 is 1.27 bits per heavy atom. The van der Waals surface area contributed by atoms with Crippen LogP contribution in [0.25, 0.3) is 0 Å². The highest BCUT2D eigenvalue weighted by molar-refractivity contribution is 7.94. The average Bonchev–Trinajstić information content (AvgIpc) is 2.90. The van der Waals surface area contributed by atoms with Gasteiger partial charge in [0.05, 0.1) is 12.2 Å². The maximum Gasteiger partial charge on any atom is 0.271 e. The van der Waals surface area contributed by atoms with E-state index in [1.165, 1.54) is 25.1 Å². The van der Waals surface area contributed by atoms with Crippen molar-refractivity contribution < 1.29 is 17.6 Å². The average molecular weight is 342 g/mol. The monoisotopic (exact) mass is 342 g/mol. The van der Waals surface area contributed by atoms with Crippen molar-refractivity contribution in [2.24, 2.45) is 0 Å². The smallest absolute Gasteiger partial charge is 0.271 e. The topological polar surface area (TPSA) is 75.3 Å². The molecule has 0 unspecified atom stereocenters. The van der Waals surface area contributed by atoms with Gasteiger partial charge in [-0.1, -0.05) is 6.07 Å². The molecule has 0 aliphatic heterocycles. The van der Waals surface area contributed by atoms with Crippen LogP contribution < -0.4 is 10.0 Å². The predicted octanol–water partition coefficient (Wildman–Crippen LogP) is 2.63. The van der Waals surface area contributed by atoms with Gasteiger partial charge in [0.2, 0.25) is 5.91 Å². The minimum absolute atomic E-state index is 0.105. The zero-order valence-corrected chi connectivity index (χ0v) is 13.6. The first-order valence-electron chi connectivity index (χ1n) is 6.40. The summed E-state index contributed by atoms with van der Waals surface area (Å²) in [5.74, 6) is -0.663. The maximum absolute atomic E-state index is 13.5. The molecule has 2 rings (SSSR count). The highest BCUT2D eigenvalue weighted by Gasteiger charge is 2.17. The SMILES string of the molecule is CC(=O)NCc1ccc(S(=O)(=O)Nc2ccc(C)c(F)c2)s1. The number of hydrogen-bond donors (Lipinski definition) is 2. The number of halogens is 1. The first-order chi connectivity index (χ1) is 10.3. The number of carbonyl (C=O) groups is 1. The lowest BCUT2D eigenvalue weighted by molar-refractivity contribution is -0.119. The van der Waals surface area contributed by atoms with Crippen LogP contribution in [0.4, 0.5) is 10.1 Å². The van der Waals surface area contributed by atoms with Gasteiger partial charge in [-0.25, -0.2) is 12.8 Å². The third kappa shape index (κ3) is 4.05. The summed E-state index contributed by atoms with van der Waals surface area (Å²) >= 11 is 1.05. The second-order valence-corrected chi connectivity index (χ2v) is 7.78. The minimum Gasteiger partial charge on any atom is -0.351 e. The van der Waals surface area contributed by atoms with Crippen molar-refractivity contribution in [2.75, 3.05) is 4.72 Å². The summed E-state index contributed by atoms with van der Waals surface area (Å²) in [5, 5.41) is 2.60. The number of benzene rings is 1. The molecule has 0 atom stereocenters. The fraction of sp³-hybridized carbons (Fsp3) is 0.214. The quantitative estimate of drug-likeness (QED) is 0.877. The summed E-state index contributed by atoms with van der Waals surface area (Å²) in [7, 11) is -3.77. The second-order valence-electron chi connectivity index (χ2n) is 4.70. The number of nitrogens with one attached hydrogen (secondary N) is 2. The zero-order valence-electron chi connectivity index (χ0n) is 12.0. The summed E-state index contributed by atoms with van der Waals surface area (Å²) in [6.45, 7) is 3.26. The molecule has 0 saturated heterocycles. The molecule has 0 saturated carbocycles. The Morgan fingerprint density at radius 2 is 2.00 bits per heavy atom. The van der Waals surface area contributed by atoms with Crippen molar-refractivity contribution in [3.05, 3.63) is 46.6 Å². The molecule has 0 fully saturated rings. The number of hydrogen-bond acceptors (Lipinski definition) is 4. The van der Waals surface area contributed by atoms with E-state index in [9.17, 15) is 17.6 Å². The van der Waals surface area contributed by atoms with Crippen LogP contribution in [0, 0.1) is 12.7 Å². The van der Waals surface area contributed by atoms with Crippen LogP contribution in [0.1, 0.15) is 17.4 Å². The Balaban J connectivity index is 2.16. The molecule has 5 nitrogen and oxygen atoms in total. The Kier molecular flexibility index (Phi) is 4.82. The molecule has 1 amide bonds. The molecule has 2 N–H and O–H groups in total. The van der Waals surface area contributed by atoms with E-state index in [1.54, 1.807) is 13.0 Å². The van der Waals surface area contributed by atoms with Gasteiger partial charge in [0, 0.05) is 11.8 Å². The van der Waals surface area contributed by atoms with E-state index in [4.69, 9.17) is 0 Å². The number of anilines is 1. The van der Waals surface area contributed by atoms with Crippen LogP contribution in [0.3, 0.4) is 0 Å². The standard InChI is InChI=1S/C14H15FN2O3S2/c1-9-3-4-11(7-13(9)15)17-22(19,20)14-6-5-12(21-14)8-16-10(2)18/h3-7,17H,8H2,1-2H3,(H,16,18). The Bertz CT molecular complexity index is 800. The largest absolute Gasteiger partial charge is 0.351 e. The van der Waals surface area contributed by atoms with Gasteiger partial charge in [0.25, 0.3) is 10.0 Å². The molecule has 0 aliphatic rings. The van der Waals surface area contributed by atoms with Crippen LogP contribution in [0.5, 0.6) is 0 Å². The van der Waals surface area contributed by atoms with Gasteiger partial charge in [-0.05, 0) is 36.8 Å². The molecular weight excluding hydrogens is 327 g/mol. The molecule has 118 valence electrons. The zero-order chi connectivity index (χ0) is 16.3. The highest BCUT2D eigenvalue weighted by atomic mass is 32.2. The normalized spacial score (nSPS) is 11.2. The van der Waals surface area contributed by atoms with Crippen molar-refractivity contribution in [1.82, 2.24) is 5.32 Å². The van der Waals surface area contributed by atoms with Crippen molar-refractivity contribution in [3.8, 4) is 0 Å². The molecule has 1 aromatic carbocycles. The molecule has 0 radical (unpaired) electrons. The van der Waals surface area contributed by atoms with E-state index in [2.05, 4.69) is 10.0 Å². The first kappa shape index (κ1) is 16.4. The third-order valence-corrected chi connectivity index (χ3v) is 5.80. The number of rotatable bonds is 5. The lowest BCUT2D eigenvalue weighted by Crippen LogP contribution is -2.18. The second kappa shape index (κ2) is 6.45. The van der Waals surface area contributed by atoms with Crippen molar-refractivity contribution in [3.63, 3.8) is 0 Å². The van der Waals surface area contributed by atoms with Crippen molar-refractivity contribution in [1.29, 1.82) is 0 Å². The first-order valence-corrected chi connectivity index (χ1v) is 8.70. The lowest BCUT2D eigenvalue weighted by atomic mass is 10.2. The minimum atomic E-state index is -3.77. The van der Waals surface area contributed by atoms with Gasteiger partial charge < -0.3 is 5.32 Å². The molecule has 1 aromatic heterocycles. The van der Waals surface area contributed by atoms with Crippen LogP contribution >= 0.6 is 11.3 Å². The fourth-order valence-electron chi connectivity index (χ4n) is 1.67. The van der Waals surface area contributed by atoms with E-state index >= 15 is 0 Å². The Labute approximate surface area is 132 Å². The van der Waals surface area contributed by atoms with E-state index < -0.39 is 15.8 Å². The molecule has 0 aliphatic carbocycles. The molecule has 0 bridgehead atoms. The van der Waals surface area contributed by atoms with Gasteiger partial charge in [0.15, 0.2) is 0 Å².